The Kier molecular flexibility index (Phi) is 7.09. The van der Waals surface area contributed by atoms with Gasteiger partial charge in [-0.05, 0) is 49.8 Å². The number of aryl methyl sites for hydroxylation is 1. The van der Waals surface area contributed by atoms with E-state index in [9.17, 15) is 9.59 Å². The number of aliphatic carboxylic acids is 1. The average molecular weight is 333 g/mol. The molecule has 1 N–H and O–H groups in total. The predicted molar refractivity (Wildman–Crippen MR) is 92.1 cm³/mol. The zero-order valence-corrected chi connectivity index (χ0v) is 14.4. The van der Waals surface area contributed by atoms with E-state index in [4.69, 9.17) is 9.84 Å². The van der Waals surface area contributed by atoms with E-state index in [2.05, 4.69) is 12.1 Å². The van der Waals surface area contributed by atoms with Crippen molar-refractivity contribution < 1.29 is 19.4 Å². The van der Waals surface area contributed by atoms with Gasteiger partial charge in [0.2, 0.25) is 5.91 Å². The zero-order valence-electron chi connectivity index (χ0n) is 14.4. The first kappa shape index (κ1) is 18.3. The minimum atomic E-state index is -0.785. The lowest BCUT2D eigenvalue weighted by Crippen LogP contribution is -2.42. The molecule has 1 aromatic carbocycles. The molecule has 24 heavy (non-hydrogen) atoms. The lowest BCUT2D eigenvalue weighted by molar-refractivity contribution is -0.145. The van der Waals surface area contributed by atoms with Crippen molar-refractivity contribution in [2.45, 2.75) is 44.9 Å². The summed E-state index contributed by atoms with van der Waals surface area (Å²) < 4.78 is 5.14. The minimum Gasteiger partial charge on any atom is -0.497 e. The van der Waals surface area contributed by atoms with Crippen LogP contribution in [0.25, 0.3) is 0 Å². The first-order chi connectivity index (χ1) is 11.6. The molecule has 0 spiro atoms. The third-order valence-electron chi connectivity index (χ3n) is 4.64. The van der Waals surface area contributed by atoms with Crippen LogP contribution < -0.4 is 4.74 Å². The van der Waals surface area contributed by atoms with Gasteiger partial charge in [-0.25, -0.2) is 0 Å². The van der Waals surface area contributed by atoms with Crippen LogP contribution in [-0.2, 0) is 16.0 Å². The summed E-state index contributed by atoms with van der Waals surface area (Å²) in [6.07, 6.45) is 5.92. The number of carbonyl (C=O) groups excluding carboxylic acids is 1. The SMILES string of the molecule is COc1ccc(CCCCCC(=O)N2CCCC(C(=O)O)C2)cc1. The molecule has 0 radical (unpaired) electrons. The van der Waals surface area contributed by atoms with Gasteiger partial charge in [0.15, 0.2) is 0 Å². The summed E-state index contributed by atoms with van der Waals surface area (Å²) in [5.74, 6) is -0.208. The Bertz CT molecular complexity index is 541. The second kappa shape index (κ2) is 9.30. The van der Waals surface area contributed by atoms with Gasteiger partial charge in [0, 0.05) is 19.5 Å². The van der Waals surface area contributed by atoms with Crippen LogP contribution >= 0.6 is 0 Å². The fraction of sp³-hybridized carbons (Fsp3) is 0.579. The zero-order chi connectivity index (χ0) is 17.4. The highest BCUT2D eigenvalue weighted by Crippen LogP contribution is 2.18. The van der Waals surface area contributed by atoms with Gasteiger partial charge in [0.1, 0.15) is 5.75 Å². The molecule has 1 aromatic rings. The van der Waals surface area contributed by atoms with Crippen molar-refractivity contribution in [1.29, 1.82) is 0 Å². The molecule has 2 rings (SSSR count). The van der Waals surface area contributed by atoms with E-state index >= 15 is 0 Å². The number of rotatable bonds is 8. The van der Waals surface area contributed by atoms with Gasteiger partial charge in [-0.1, -0.05) is 18.6 Å². The second-order valence-corrected chi connectivity index (χ2v) is 6.43. The molecule has 1 fully saturated rings. The molecule has 0 aromatic heterocycles. The summed E-state index contributed by atoms with van der Waals surface area (Å²) in [5.41, 5.74) is 1.28. The van der Waals surface area contributed by atoms with Crippen molar-refractivity contribution in [2.24, 2.45) is 5.92 Å². The van der Waals surface area contributed by atoms with Gasteiger partial charge in [0.25, 0.3) is 0 Å². The number of nitrogens with zero attached hydrogens (tertiary/aromatic N) is 1. The number of hydrogen-bond acceptors (Lipinski definition) is 3. The van der Waals surface area contributed by atoms with Gasteiger partial charge in [-0.2, -0.15) is 0 Å². The third kappa shape index (κ3) is 5.55. The van der Waals surface area contributed by atoms with Gasteiger partial charge in [-0.15, -0.1) is 0 Å². The Morgan fingerprint density at radius 2 is 1.96 bits per heavy atom. The Morgan fingerprint density at radius 1 is 1.21 bits per heavy atom. The van der Waals surface area contributed by atoms with E-state index in [-0.39, 0.29) is 5.91 Å². The van der Waals surface area contributed by atoms with Crippen molar-refractivity contribution in [2.75, 3.05) is 20.2 Å². The number of benzene rings is 1. The number of carboxylic acid groups (broad SMARTS) is 1. The maximum Gasteiger partial charge on any atom is 0.308 e. The van der Waals surface area contributed by atoms with Crippen molar-refractivity contribution in [1.82, 2.24) is 4.90 Å². The third-order valence-corrected chi connectivity index (χ3v) is 4.64. The van der Waals surface area contributed by atoms with Crippen LogP contribution in [0.15, 0.2) is 24.3 Å². The monoisotopic (exact) mass is 333 g/mol. The highest BCUT2D eigenvalue weighted by molar-refractivity contribution is 5.78. The smallest absolute Gasteiger partial charge is 0.308 e. The van der Waals surface area contributed by atoms with Crippen LogP contribution in [0, 0.1) is 5.92 Å². The number of likely N-dealkylation sites (tertiary alicyclic amines) is 1. The normalized spacial score (nSPS) is 17.5. The number of unbranched alkanes of at least 4 members (excludes halogenated alkanes) is 2. The van der Waals surface area contributed by atoms with E-state index in [0.717, 1.165) is 37.9 Å². The van der Waals surface area contributed by atoms with Crippen molar-refractivity contribution in [3.8, 4) is 5.75 Å². The first-order valence-corrected chi connectivity index (χ1v) is 8.73. The lowest BCUT2D eigenvalue weighted by atomic mass is 9.98. The second-order valence-electron chi connectivity index (χ2n) is 6.43. The van der Waals surface area contributed by atoms with E-state index in [1.54, 1.807) is 12.0 Å². The number of ether oxygens (including phenoxy) is 1. The summed E-state index contributed by atoms with van der Waals surface area (Å²) in [7, 11) is 1.66. The molecule has 1 unspecified atom stereocenters. The van der Waals surface area contributed by atoms with Crippen LogP contribution in [0.1, 0.15) is 44.1 Å². The lowest BCUT2D eigenvalue weighted by Gasteiger charge is -2.30. The fourth-order valence-electron chi connectivity index (χ4n) is 3.14. The fourth-order valence-corrected chi connectivity index (χ4v) is 3.14. The Morgan fingerprint density at radius 3 is 2.62 bits per heavy atom. The van der Waals surface area contributed by atoms with Crippen molar-refractivity contribution >= 4 is 11.9 Å². The van der Waals surface area contributed by atoms with E-state index in [0.29, 0.717) is 25.9 Å². The molecule has 1 aliphatic rings. The van der Waals surface area contributed by atoms with Gasteiger partial charge in [-0.3, -0.25) is 9.59 Å². The topological polar surface area (TPSA) is 66.8 Å². The summed E-state index contributed by atoms with van der Waals surface area (Å²) in [6, 6.07) is 8.08. The minimum absolute atomic E-state index is 0.102. The van der Waals surface area contributed by atoms with Gasteiger partial charge in [0.05, 0.1) is 13.0 Å². The van der Waals surface area contributed by atoms with Crippen molar-refractivity contribution in [3.05, 3.63) is 29.8 Å². The number of carboxylic acids is 1. The predicted octanol–water partition coefficient (Wildman–Crippen LogP) is 3.12. The van der Waals surface area contributed by atoms with Crippen LogP contribution in [0.4, 0.5) is 0 Å². The molecule has 1 heterocycles. The molecule has 0 saturated carbocycles. The molecule has 1 saturated heterocycles. The summed E-state index contributed by atoms with van der Waals surface area (Å²) in [5, 5.41) is 9.08. The molecule has 0 bridgehead atoms. The molecule has 5 nitrogen and oxygen atoms in total. The number of hydrogen-bond donors (Lipinski definition) is 1. The number of amides is 1. The highest BCUT2D eigenvalue weighted by atomic mass is 16.5. The Labute approximate surface area is 143 Å². The average Bonchev–Trinajstić information content (AvgIpc) is 2.62. The summed E-state index contributed by atoms with van der Waals surface area (Å²) in [4.78, 5) is 25.0. The molecule has 1 aliphatic heterocycles. The first-order valence-electron chi connectivity index (χ1n) is 8.73. The largest absolute Gasteiger partial charge is 0.497 e. The maximum atomic E-state index is 12.2. The van der Waals surface area contributed by atoms with Crippen LogP contribution in [0.2, 0.25) is 0 Å². The summed E-state index contributed by atoms with van der Waals surface area (Å²) in [6.45, 7) is 1.08. The highest BCUT2D eigenvalue weighted by Gasteiger charge is 2.27. The van der Waals surface area contributed by atoms with Crippen LogP contribution in [0.3, 0.4) is 0 Å². The molecule has 1 amide bonds. The molecule has 0 aliphatic carbocycles. The number of methoxy groups -OCH3 is 1. The van der Waals surface area contributed by atoms with E-state index in [1.807, 2.05) is 12.1 Å². The number of carbonyl (C=O) groups is 2. The molecule has 5 heteroatoms. The van der Waals surface area contributed by atoms with Crippen LogP contribution in [-0.4, -0.2) is 42.1 Å². The van der Waals surface area contributed by atoms with E-state index in [1.165, 1.54) is 5.56 Å². The quantitative estimate of drug-likeness (QED) is 0.742. The van der Waals surface area contributed by atoms with Crippen molar-refractivity contribution in [3.63, 3.8) is 0 Å². The Hall–Kier alpha value is -2.04. The molecular weight excluding hydrogens is 306 g/mol. The van der Waals surface area contributed by atoms with Gasteiger partial charge >= 0.3 is 5.97 Å². The summed E-state index contributed by atoms with van der Waals surface area (Å²) >= 11 is 0. The Balaban J connectivity index is 1.62. The maximum absolute atomic E-state index is 12.2. The molecular formula is C19H27NO4. The number of piperidine rings is 1. The van der Waals surface area contributed by atoms with E-state index < -0.39 is 11.9 Å². The molecule has 1 atom stereocenters. The molecule has 132 valence electrons. The standard InChI is InChI=1S/C19H27NO4/c1-24-17-11-9-15(10-12-17)6-3-2-4-8-18(21)20-13-5-7-16(14-20)19(22)23/h9-12,16H,2-8,13-14H2,1H3,(H,22,23). The van der Waals surface area contributed by atoms with Crippen LogP contribution in [0.5, 0.6) is 5.75 Å². The van der Waals surface area contributed by atoms with Gasteiger partial charge < -0.3 is 14.7 Å².